The van der Waals surface area contributed by atoms with Crippen molar-refractivity contribution in [2.75, 3.05) is 4.90 Å². The summed E-state index contributed by atoms with van der Waals surface area (Å²) in [4.78, 5) is 37.7. The number of hydrogen-bond donors (Lipinski definition) is 1. The fourth-order valence-corrected chi connectivity index (χ4v) is 4.04. The van der Waals surface area contributed by atoms with Gasteiger partial charge in [0, 0.05) is 0 Å². The molecule has 1 aromatic rings. The molecule has 4 atom stereocenters. The number of amides is 2. The van der Waals surface area contributed by atoms with Crippen LogP contribution in [0.1, 0.15) is 24.2 Å². The molecule has 1 N–H and O–H groups in total. The third kappa shape index (κ3) is 1.64. The lowest BCUT2D eigenvalue weighted by Crippen LogP contribution is -2.39. The Morgan fingerprint density at radius 3 is 1.96 bits per heavy atom. The van der Waals surface area contributed by atoms with E-state index in [1.54, 1.807) is 0 Å². The van der Waals surface area contributed by atoms with Crippen LogP contribution in [0, 0.1) is 11.8 Å². The molecular formula is C17H15NO5. The molecule has 0 spiro atoms. The molecule has 2 amide bonds. The van der Waals surface area contributed by atoms with Crippen molar-refractivity contribution in [3.8, 4) is 0 Å². The molecule has 3 heterocycles. The van der Waals surface area contributed by atoms with Gasteiger partial charge in [-0.05, 0) is 38.1 Å². The van der Waals surface area contributed by atoms with Crippen molar-refractivity contribution < 1.29 is 24.2 Å². The molecule has 2 fully saturated rings. The van der Waals surface area contributed by atoms with E-state index in [1.807, 2.05) is 26.0 Å². The molecule has 2 bridgehead atoms. The maximum atomic E-state index is 12.8. The molecule has 118 valence electrons. The topological polar surface area (TPSA) is 83.9 Å². The Kier molecular flexibility index (Phi) is 2.51. The summed E-state index contributed by atoms with van der Waals surface area (Å²) in [5.41, 5.74) is -1.02. The zero-order chi connectivity index (χ0) is 16.6. The average molecular weight is 313 g/mol. The van der Waals surface area contributed by atoms with E-state index in [1.165, 1.54) is 24.3 Å². The standard InChI is InChI=1S/C17H15NO5/c1-16-7-8-17(2,23-16)12-11(16)13(19)18(14(12)20)10-5-3-9(4-6-10)15(21)22/h3-8,11-12H,1-2H3,(H,21,22)/t11-,12-,16+,17+/m1/s1. The van der Waals surface area contributed by atoms with Gasteiger partial charge in [0.15, 0.2) is 0 Å². The van der Waals surface area contributed by atoms with E-state index < -0.39 is 29.0 Å². The predicted molar refractivity (Wildman–Crippen MR) is 79.9 cm³/mol. The van der Waals surface area contributed by atoms with Crippen molar-refractivity contribution in [2.24, 2.45) is 11.8 Å². The highest BCUT2D eigenvalue weighted by atomic mass is 16.5. The number of benzene rings is 1. The Labute approximate surface area is 132 Å². The smallest absolute Gasteiger partial charge is 0.335 e. The van der Waals surface area contributed by atoms with Crippen molar-refractivity contribution >= 4 is 23.5 Å². The molecule has 4 rings (SSSR count). The van der Waals surface area contributed by atoms with Gasteiger partial charge >= 0.3 is 5.97 Å². The Balaban J connectivity index is 1.75. The SMILES string of the molecule is C[C@@]12C=C[C@](C)(O1)[C@H]1C(=O)N(c3ccc(C(=O)O)cc3)C(=O)[C@@H]12. The highest BCUT2D eigenvalue weighted by Gasteiger charge is 2.70. The predicted octanol–water partition coefficient (Wildman–Crippen LogP) is 1.61. The van der Waals surface area contributed by atoms with Gasteiger partial charge in [-0.1, -0.05) is 12.2 Å². The summed E-state index contributed by atoms with van der Waals surface area (Å²) in [6.45, 7) is 3.64. The molecule has 0 radical (unpaired) electrons. The number of rotatable bonds is 2. The summed E-state index contributed by atoms with van der Waals surface area (Å²) in [5, 5.41) is 8.95. The summed E-state index contributed by atoms with van der Waals surface area (Å²) in [7, 11) is 0. The van der Waals surface area contributed by atoms with E-state index in [4.69, 9.17) is 9.84 Å². The molecule has 6 heteroatoms. The molecule has 0 saturated carbocycles. The van der Waals surface area contributed by atoms with Gasteiger partial charge in [0.1, 0.15) is 0 Å². The lowest BCUT2D eigenvalue weighted by molar-refractivity contribution is -0.128. The summed E-state index contributed by atoms with van der Waals surface area (Å²) in [5.74, 6) is -2.71. The Morgan fingerprint density at radius 1 is 1.04 bits per heavy atom. The molecule has 0 aliphatic carbocycles. The average Bonchev–Trinajstić information content (AvgIpc) is 3.04. The number of ether oxygens (including phenoxy) is 1. The van der Waals surface area contributed by atoms with E-state index >= 15 is 0 Å². The summed E-state index contributed by atoms with van der Waals surface area (Å²) in [6, 6.07) is 5.75. The first-order valence-corrected chi connectivity index (χ1v) is 7.39. The quantitative estimate of drug-likeness (QED) is 0.662. The van der Waals surface area contributed by atoms with Crippen molar-refractivity contribution in [1.29, 1.82) is 0 Å². The molecule has 0 aromatic heterocycles. The van der Waals surface area contributed by atoms with Gasteiger partial charge in [0.25, 0.3) is 0 Å². The van der Waals surface area contributed by atoms with Crippen molar-refractivity contribution in [3.05, 3.63) is 42.0 Å². The highest BCUT2D eigenvalue weighted by molar-refractivity contribution is 6.23. The third-order valence-corrected chi connectivity index (χ3v) is 5.10. The van der Waals surface area contributed by atoms with Crippen LogP contribution in [0.3, 0.4) is 0 Å². The number of aromatic carboxylic acids is 1. The first kappa shape index (κ1) is 14.1. The molecule has 23 heavy (non-hydrogen) atoms. The van der Waals surface area contributed by atoms with Gasteiger partial charge in [0.2, 0.25) is 11.8 Å². The third-order valence-electron chi connectivity index (χ3n) is 5.10. The Bertz CT molecular complexity index is 747. The maximum absolute atomic E-state index is 12.8. The lowest BCUT2D eigenvalue weighted by atomic mass is 9.73. The van der Waals surface area contributed by atoms with Crippen molar-refractivity contribution in [1.82, 2.24) is 0 Å². The number of fused-ring (bicyclic) bond motifs is 5. The second-order valence-corrected chi connectivity index (χ2v) is 6.62. The summed E-state index contributed by atoms with van der Waals surface area (Å²) in [6.07, 6.45) is 3.72. The molecule has 6 nitrogen and oxygen atoms in total. The van der Waals surface area contributed by atoms with Crippen molar-refractivity contribution in [2.45, 2.75) is 25.0 Å². The minimum Gasteiger partial charge on any atom is -0.478 e. The van der Waals surface area contributed by atoms with Crippen LogP contribution in [0.2, 0.25) is 0 Å². The Morgan fingerprint density at radius 2 is 1.52 bits per heavy atom. The second-order valence-electron chi connectivity index (χ2n) is 6.62. The van der Waals surface area contributed by atoms with E-state index in [-0.39, 0.29) is 17.4 Å². The summed E-state index contributed by atoms with van der Waals surface area (Å²) >= 11 is 0. The van der Waals surface area contributed by atoms with Gasteiger partial charge in [-0.3, -0.25) is 9.59 Å². The minimum absolute atomic E-state index is 0.108. The van der Waals surface area contributed by atoms with E-state index in [0.29, 0.717) is 5.69 Å². The van der Waals surface area contributed by atoms with Crippen LogP contribution in [0.5, 0.6) is 0 Å². The maximum Gasteiger partial charge on any atom is 0.335 e. The molecule has 3 aliphatic heterocycles. The van der Waals surface area contributed by atoms with Crippen LogP contribution in [0.25, 0.3) is 0 Å². The summed E-state index contributed by atoms with van der Waals surface area (Å²) < 4.78 is 5.93. The van der Waals surface area contributed by atoms with E-state index in [0.717, 1.165) is 4.90 Å². The van der Waals surface area contributed by atoms with Crippen LogP contribution >= 0.6 is 0 Å². The van der Waals surface area contributed by atoms with Crippen molar-refractivity contribution in [3.63, 3.8) is 0 Å². The van der Waals surface area contributed by atoms with E-state index in [2.05, 4.69) is 0 Å². The monoisotopic (exact) mass is 313 g/mol. The van der Waals surface area contributed by atoms with E-state index in [9.17, 15) is 14.4 Å². The van der Waals surface area contributed by atoms with Crippen LogP contribution in [0.15, 0.2) is 36.4 Å². The largest absolute Gasteiger partial charge is 0.478 e. The number of nitrogens with zero attached hydrogens (tertiary/aromatic N) is 1. The zero-order valence-electron chi connectivity index (χ0n) is 12.6. The fraction of sp³-hybridized carbons (Fsp3) is 0.353. The van der Waals surface area contributed by atoms with Gasteiger partial charge in [-0.15, -0.1) is 0 Å². The number of imide groups is 1. The van der Waals surface area contributed by atoms with Crippen LogP contribution < -0.4 is 4.90 Å². The molecule has 1 aromatic carbocycles. The number of carboxylic acids is 1. The molecule has 2 saturated heterocycles. The highest BCUT2D eigenvalue weighted by Crippen LogP contribution is 2.57. The minimum atomic E-state index is -1.05. The second kappa shape index (κ2) is 4.08. The van der Waals surface area contributed by atoms with Gasteiger partial charge in [-0.25, -0.2) is 9.69 Å². The van der Waals surface area contributed by atoms with Crippen LogP contribution in [-0.2, 0) is 14.3 Å². The fourth-order valence-electron chi connectivity index (χ4n) is 4.04. The number of carboxylic acid groups (broad SMARTS) is 1. The number of anilines is 1. The number of hydrogen-bond acceptors (Lipinski definition) is 4. The number of carbonyl (C=O) groups is 3. The zero-order valence-corrected chi connectivity index (χ0v) is 12.6. The lowest BCUT2D eigenvalue weighted by Gasteiger charge is -2.25. The number of carbonyl (C=O) groups excluding carboxylic acids is 2. The Hall–Kier alpha value is -2.47. The first-order chi connectivity index (χ1) is 10.8. The first-order valence-electron chi connectivity index (χ1n) is 7.39. The van der Waals surface area contributed by atoms with Gasteiger partial charge in [0.05, 0.1) is 34.3 Å². The normalized spacial score (nSPS) is 37.6. The van der Waals surface area contributed by atoms with Crippen LogP contribution in [0.4, 0.5) is 5.69 Å². The molecule has 0 unspecified atom stereocenters. The van der Waals surface area contributed by atoms with Gasteiger partial charge in [-0.2, -0.15) is 0 Å². The van der Waals surface area contributed by atoms with Crippen LogP contribution in [-0.4, -0.2) is 34.1 Å². The molecule has 3 aliphatic rings. The van der Waals surface area contributed by atoms with Gasteiger partial charge < -0.3 is 9.84 Å². The molecular weight excluding hydrogens is 298 g/mol.